The molecule has 5 heteroatoms. The molecule has 0 spiro atoms. The SMILES string of the molecule is COC(=O)c1cc(NC(C)CC2CC2)c(F)cc1N. The van der Waals surface area contributed by atoms with Gasteiger partial charge in [-0.3, -0.25) is 0 Å². The van der Waals surface area contributed by atoms with Gasteiger partial charge in [0.25, 0.3) is 0 Å². The highest BCUT2D eigenvalue weighted by atomic mass is 19.1. The molecule has 1 aliphatic carbocycles. The van der Waals surface area contributed by atoms with Crippen molar-refractivity contribution < 1.29 is 13.9 Å². The molecule has 1 aromatic carbocycles. The Morgan fingerprint density at radius 2 is 2.26 bits per heavy atom. The summed E-state index contributed by atoms with van der Waals surface area (Å²) in [5, 5.41) is 3.09. The number of carbonyl (C=O) groups excluding carboxylic acids is 1. The summed E-state index contributed by atoms with van der Waals surface area (Å²) < 4.78 is 18.4. The summed E-state index contributed by atoms with van der Waals surface area (Å²) in [5.74, 6) is -0.261. The minimum atomic E-state index is -0.560. The molecule has 1 atom stereocenters. The summed E-state index contributed by atoms with van der Waals surface area (Å²) in [4.78, 5) is 11.5. The van der Waals surface area contributed by atoms with Crippen LogP contribution in [0.5, 0.6) is 0 Å². The molecule has 104 valence electrons. The zero-order chi connectivity index (χ0) is 14.0. The van der Waals surface area contributed by atoms with Gasteiger partial charge >= 0.3 is 5.97 Å². The first-order valence-corrected chi connectivity index (χ1v) is 6.45. The highest BCUT2D eigenvalue weighted by Gasteiger charge is 2.24. The lowest BCUT2D eigenvalue weighted by Gasteiger charge is -2.16. The molecule has 19 heavy (non-hydrogen) atoms. The second-order valence-electron chi connectivity index (χ2n) is 5.14. The van der Waals surface area contributed by atoms with Crippen molar-refractivity contribution in [3.63, 3.8) is 0 Å². The molecule has 1 aromatic rings. The molecule has 0 heterocycles. The van der Waals surface area contributed by atoms with Gasteiger partial charge in [0.1, 0.15) is 5.82 Å². The van der Waals surface area contributed by atoms with Gasteiger partial charge < -0.3 is 15.8 Å². The molecule has 4 nitrogen and oxygen atoms in total. The van der Waals surface area contributed by atoms with Crippen molar-refractivity contribution in [1.29, 1.82) is 0 Å². The van der Waals surface area contributed by atoms with Crippen molar-refractivity contribution in [3.8, 4) is 0 Å². The van der Waals surface area contributed by atoms with E-state index in [4.69, 9.17) is 5.73 Å². The van der Waals surface area contributed by atoms with Crippen LogP contribution in [-0.4, -0.2) is 19.1 Å². The van der Waals surface area contributed by atoms with Crippen LogP contribution in [-0.2, 0) is 4.74 Å². The summed E-state index contributed by atoms with van der Waals surface area (Å²) in [6.45, 7) is 2.01. The predicted octanol–water partition coefficient (Wildman–Crippen LogP) is 2.79. The number of anilines is 2. The van der Waals surface area contributed by atoms with Crippen LogP contribution < -0.4 is 11.1 Å². The van der Waals surface area contributed by atoms with Gasteiger partial charge in [-0.2, -0.15) is 0 Å². The largest absolute Gasteiger partial charge is 0.465 e. The molecule has 0 radical (unpaired) electrons. The third-order valence-electron chi connectivity index (χ3n) is 3.33. The molecule has 0 amide bonds. The first-order chi connectivity index (χ1) is 9.01. The van der Waals surface area contributed by atoms with Crippen LogP contribution in [0.4, 0.5) is 15.8 Å². The minimum Gasteiger partial charge on any atom is -0.465 e. The maximum Gasteiger partial charge on any atom is 0.340 e. The van der Waals surface area contributed by atoms with Crippen LogP contribution in [0.25, 0.3) is 0 Å². The lowest BCUT2D eigenvalue weighted by molar-refractivity contribution is 0.0602. The fourth-order valence-electron chi connectivity index (χ4n) is 2.16. The average molecular weight is 266 g/mol. The Hall–Kier alpha value is -1.78. The number of hydrogen-bond donors (Lipinski definition) is 2. The molecule has 1 saturated carbocycles. The number of esters is 1. The molecule has 1 unspecified atom stereocenters. The number of ether oxygens (including phenoxy) is 1. The molecule has 0 aromatic heterocycles. The van der Waals surface area contributed by atoms with Gasteiger partial charge in [0.2, 0.25) is 0 Å². The van der Waals surface area contributed by atoms with Gasteiger partial charge in [-0.05, 0) is 31.4 Å². The Labute approximate surface area is 112 Å². The quantitative estimate of drug-likeness (QED) is 0.635. The Balaban J connectivity index is 2.16. The molecule has 2 rings (SSSR count). The monoisotopic (exact) mass is 266 g/mol. The summed E-state index contributed by atoms with van der Waals surface area (Å²) in [6.07, 6.45) is 3.52. The van der Waals surface area contributed by atoms with Crippen molar-refractivity contribution >= 4 is 17.3 Å². The van der Waals surface area contributed by atoms with E-state index < -0.39 is 11.8 Å². The zero-order valence-corrected chi connectivity index (χ0v) is 11.2. The Morgan fingerprint density at radius 3 is 2.84 bits per heavy atom. The minimum absolute atomic E-state index is 0.0877. The van der Waals surface area contributed by atoms with Gasteiger partial charge in [-0.15, -0.1) is 0 Å². The van der Waals surface area contributed by atoms with Crippen LogP contribution >= 0.6 is 0 Å². The number of nitrogens with two attached hydrogens (primary N) is 1. The molecular formula is C14H19FN2O2. The molecule has 1 fully saturated rings. The summed E-state index contributed by atoms with van der Waals surface area (Å²) >= 11 is 0. The third kappa shape index (κ3) is 3.36. The average Bonchev–Trinajstić information content (AvgIpc) is 3.15. The van der Waals surface area contributed by atoms with E-state index in [0.717, 1.165) is 18.4 Å². The van der Waals surface area contributed by atoms with E-state index in [1.54, 1.807) is 0 Å². The second kappa shape index (κ2) is 5.47. The lowest BCUT2D eigenvalue weighted by atomic mass is 10.1. The van der Waals surface area contributed by atoms with Gasteiger partial charge in [0.15, 0.2) is 0 Å². The van der Waals surface area contributed by atoms with Crippen molar-refractivity contribution in [3.05, 3.63) is 23.5 Å². The number of nitrogen functional groups attached to an aromatic ring is 1. The summed E-state index contributed by atoms with van der Waals surface area (Å²) in [7, 11) is 1.27. The van der Waals surface area contributed by atoms with Crippen LogP contribution in [0, 0.1) is 11.7 Å². The third-order valence-corrected chi connectivity index (χ3v) is 3.33. The summed E-state index contributed by atoms with van der Waals surface area (Å²) in [5.41, 5.74) is 6.19. The van der Waals surface area contributed by atoms with E-state index in [1.165, 1.54) is 26.0 Å². The fourth-order valence-corrected chi connectivity index (χ4v) is 2.16. The van der Waals surface area contributed by atoms with E-state index in [0.29, 0.717) is 5.69 Å². The first-order valence-electron chi connectivity index (χ1n) is 6.45. The van der Waals surface area contributed by atoms with Crippen LogP contribution in [0.2, 0.25) is 0 Å². The number of methoxy groups -OCH3 is 1. The van der Waals surface area contributed by atoms with E-state index in [-0.39, 0.29) is 17.3 Å². The number of halogens is 1. The van der Waals surface area contributed by atoms with Crippen molar-refractivity contribution in [2.24, 2.45) is 5.92 Å². The number of benzene rings is 1. The topological polar surface area (TPSA) is 64.3 Å². The normalized spacial score (nSPS) is 15.9. The summed E-state index contributed by atoms with van der Waals surface area (Å²) in [6, 6.07) is 2.73. The number of nitrogens with one attached hydrogen (secondary N) is 1. The molecule has 1 aliphatic rings. The number of carbonyl (C=O) groups is 1. The van der Waals surface area contributed by atoms with Crippen LogP contribution in [0.1, 0.15) is 36.5 Å². The van der Waals surface area contributed by atoms with Crippen molar-refractivity contribution in [2.45, 2.75) is 32.2 Å². The Morgan fingerprint density at radius 1 is 1.58 bits per heavy atom. The lowest BCUT2D eigenvalue weighted by Crippen LogP contribution is -2.18. The maximum atomic E-state index is 13.8. The van der Waals surface area contributed by atoms with Crippen LogP contribution in [0.15, 0.2) is 12.1 Å². The van der Waals surface area contributed by atoms with Crippen LogP contribution in [0.3, 0.4) is 0 Å². The Bertz CT molecular complexity index is 487. The number of rotatable bonds is 5. The molecule has 0 saturated heterocycles. The Kier molecular flexibility index (Phi) is 3.93. The number of hydrogen-bond acceptors (Lipinski definition) is 4. The molecule has 0 aliphatic heterocycles. The highest BCUT2D eigenvalue weighted by Crippen LogP contribution is 2.34. The first kappa shape index (κ1) is 13.6. The molecular weight excluding hydrogens is 247 g/mol. The van der Waals surface area contributed by atoms with Gasteiger partial charge in [-0.1, -0.05) is 12.8 Å². The van der Waals surface area contributed by atoms with Gasteiger partial charge in [0, 0.05) is 11.7 Å². The standard InChI is InChI=1S/C14H19FN2O2/c1-8(5-9-3-4-9)17-13-6-10(14(18)19-2)12(16)7-11(13)15/h6-9,17H,3-5,16H2,1-2H3. The smallest absolute Gasteiger partial charge is 0.340 e. The fraction of sp³-hybridized carbons (Fsp3) is 0.500. The van der Waals surface area contributed by atoms with E-state index in [2.05, 4.69) is 10.1 Å². The van der Waals surface area contributed by atoms with Gasteiger partial charge in [0.05, 0.1) is 18.4 Å². The van der Waals surface area contributed by atoms with Crippen molar-refractivity contribution in [1.82, 2.24) is 0 Å². The van der Waals surface area contributed by atoms with E-state index in [9.17, 15) is 9.18 Å². The molecule has 0 bridgehead atoms. The second-order valence-corrected chi connectivity index (χ2v) is 5.14. The zero-order valence-electron chi connectivity index (χ0n) is 11.2. The maximum absolute atomic E-state index is 13.8. The van der Waals surface area contributed by atoms with E-state index >= 15 is 0 Å². The predicted molar refractivity (Wildman–Crippen MR) is 72.6 cm³/mol. The van der Waals surface area contributed by atoms with E-state index in [1.807, 2.05) is 6.92 Å². The van der Waals surface area contributed by atoms with Gasteiger partial charge in [-0.25, -0.2) is 9.18 Å². The van der Waals surface area contributed by atoms with Crippen molar-refractivity contribution in [2.75, 3.05) is 18.2 Å². The highest BCUT2D eigenvalue weighted by molar-refractivity contribution is 5.96. The molecule has 3 N–H and O–H groups in total.